The maximum absolute atomic E-state index is 13.0. The van der Waals surface area contributed by atoms with E-state index in [-0.39, 0.29) is 4.90 Å². The van der Waals surface area contributed by atoms with Gasteiger partial charge in [-0.2, -0.15) is 0 Å². The summed E-state index contributed by atoms with van der Waals surface area (Å²) in [7, 11) is -0.746. The highest BCUT2D eigenvalue weighted by molar-refractivity contribution is 7.92. The smallest absolute Gasteiger partial charge is 0.261 e. The molecular weight excluding hydrogens is 452 g/mol. The number of anilines is 2. The van der Waals surface area contributed by atoms with Gasteiger partial charge >= 0.3 is 0 Å². The summed E-state index contributed by atoms with van der Waals surface area (Å²) in [6.45, 7) is 5.58. The number of carbonyl (C=O) groups is 1. The molecule has 2 N–H and O–H groups in total. The number of sulfonamides is 1. The van der Waals surface area contributed by atoms with E-state index in [0.717, 1.165) is 16.7 Å². The lowest BCUT2D eigenvalue weighted by molar-refractivity contribution is -0.111. The van der Waals surface area contributed by atoms with E-state index in [0.29, 0.717) is 28.4 Å². The highest BCUT2D eigenvalue weighted by Gasteiger charge is 2.17. The summed E-state index contributed by atoms with van der Waals surface area (Å²) in [6, 6.07) is 15.4. The second-order valence-electron chi connectivity index (χ2n) is 7.83. The summed E-state index contributed by atoms with van der Waals surface area (Å²) in [4.78, 5) is 12.6. The second kappa shape index (κ2) is 10.4. The van der Waals surface area contributed by atoms with Crippen LogP contribution in [0.15, 0.2) is 65.6 Å². The number of aryl methyl sites for hydroxylation is 3. The van der Waals surface area contributed by atoms with E-state index in [2.05, 4.69) is 10.0 Å². The van der Waals surface area contributed by atoms with Gasteiger partial charge in [-0.1, -0.05) is 23.8 Å². The minimum Gasteiger partial charge on any atom is -0.497 e. The van der Waals surface area contributed by atoms with Crippen molar-refractivity contribution < 1.29 is 22.7 Å². The molecule has 0 aliphatic carbocycles. The van der Waals surface area contributed by atoms with Gasteiger partial charge in [-0.05, 0) is 68.3 Å². The van der Waals surface area contributed by atoms with Gasteiger partial charge < -0.3 is 14.8 Å². The zero-order chi connectivity index (χ0) is 24.9. The Balaban J connectivity index is 1.79. The number of ether oxygens (including phenoxy) is 2. The van der Waals surface area contributed by atoms with Crippen LogP contribution in [0, 0.1) is 20.8 Å². The average Bonchev–Trinajstić information content (AvgIpc) is 2.80. The standard InChI is InChI=1S/C26H28N2O5S/c1-17-6-12-23(19(3)14-17)28-34(30,31)22-11-7-18(2)24(16-22)27-26(29)13-9-20-8-10-21(32-4)15-25(20)33-5/h6-16,28H,1-5H3,(H,27,29)/b13-9+. The maximum atomic E-state index is 13.0. The first-order chi connectivity index (χ1) is 16.1. The van der Waals surface area contributed by atoms with Crippen LogP contribution in [0.25, 0.3) is 6.08 Å². The van der Waals surface area contributed by atoms with Crippen LogP contribution in [-0.4, -0.2) is 28.5 Å². The number of methoxy groups -OCH3 is 2. The monoisotopic (exact) mass is 480 g/mol. The van der Waals surface area contributed by atoms with Gasteiger partial charge in [0.25, 0.3) is 10.0 Å². The Morgan fingerprint density at radius 3 is 2.29 bits per heavy atom. The van der Waals surface area contributed by atoms with E-state index in [9.17, 15) is 13.2 Å². The summed E-state index contributed by atoms with van der Waals surface area (Å²) >= 11 is 0. The van der Waals surface area contributed by atoms with Crippen LogP contribution in [0.5, 0.6) is 11.5 Å². The van der Waals surface area contributed by atoms with Gasteiger partial charge in [-0.3, -0.25) is 9.52 Å². The number of hydrogen-bond acceptors (Lipinski definition) is 5. The van der Waals surface area contributed by atoms with Gasteiger partial charge in [0.15, 0.2) is 0 Å². The van der Waals surface area contributed by atoms with Gasteiger partial charge in [0.2, 0.25) is 5.91 Å². The Morgan fingerprint density at radius 2 is 1.62 bits per heavy atom. The predicted octanol–water partition coefficient (Wildman–Crippen LogP) is 5.08. The maximum Gasteiger partial charge on any atom is 0.261 e. The first-order valence-corrected chi connectivity index (χ1v) is 12.0. The molecule has 8 heteroatoms. The normalized spacial score (nSPS) is 11.3. The second-order valence-corrected chi connectivity index (χ2v) is 9.51. The molecule has 0 saturated heterocycles. The number of carbonyl (C=O) groups excluding carboxylic acids is 1. The van der Waals surface area contributed by atoms with Crippen molar-refractivity contribution in [3.63, 3.8) is 0 Å². The van der Waals surface area contributed by atoms with Crippen LogP contribution in [0.3, 0.4) is 0 Å². The summed E-state index contributed by atoms with van der Waals surface area (Å²) < 4.78 is 39.1. The Labute approximate surface area is 200 Å². The van der Waals surface area contributed by atoms with Crippen LogP contribution < -0.4 is 19.5 Å². The largest absolute Gasteiger partial charge is 0.497 e. The van der Waals surface area contributed by atoms with Crippen molar-refractivity contribution in [1.29, 1.82) is 0 Å². The van der Waals surface area contributed by atoms with Crippen molar-refractivity contribution in [3.05, 3.63) is 82.9 Å². The Kier molecular flexibility index (Phi) is 7.63. The van der Waals surface area contributed by atoms with Crippen molar-refractivity contribution in [2.45, 2.75) is 25.7 Å². The van der Waals surface area contributed by atoms with Crippen LogP contribution >= 0.6 is 0 Å². The van der Waals surface area contributed by atoms with E-state index in [1.165, 1.54) is 25.3 Å². The molecule has 0 radical (unpaired) electrons. The zero-order valence-corrected chi connectivity index (χ0v) is 20.6. The lowest BCUT2D eigenvalue weighted by Gasteiger charge is -2.13. The van der Waals surface area contributed by atoms with Crippen LogP contribution in [-0.2, 0) is 14.8 Å². The molecule has 0 aromatic heterocycles. The van der Waals surface area contributed by atoms with Gasteiger partial charge in [0.1, 0.15) is 11.5 Å². The number of rotatable bonds is 8. The van der Waals surface area contributed by atoms with Crippen molar-refractivity contribution in [2.24, 2.45) is 0 Å². The topological polar surface area (TPSA) is 93.7 Å². The van der Waals surface area contributed by atoms with Crippen LogP contribution in [0.4, 0.5) is 11.4 Å². The van der Waals surface area contributed by atoms with Gasteiger partial charge in [-0.25, -0.2) is 8.42 Å². The number of amides is 1. The highest BCUT2D eigenvalue weighted by atomic mass is 32.2. The van der Waals surface area contributed by atoms with Crippen molar-refractivity contribution >= 4 is 33.4 Å². The first kappa shape index (κ1) is 24.9. The molecule has 0 aliphatic rings. The molecule has 0 atom stereocenters. The van der Waals surface area contributed by atoms with E-state index >= 15 is 0 Å². The molecule has 7 nitrogen and oxygen atoms in total. The molecule has 3 aromatic rings. The highest BCUT2D eigenvalue weighted by Crippen LogP contribution is 2.27. The Morgan fingerprint density at radius 1 is 0.853 bits per heavy atom. The Bertz CT molecular complexity index is 1350. The third-order valence-corrected chi connectivity index (χ3v) is 6.62. The Hall–Kier alpha value is -3.78. The molecule has 0 saturated carbocycles. The molecule has 1 amide bonds. The van der Waals surface area contributed by atoms with Crippen molar-refractivity contribution in [1.82, 2.24) is 0 Å². The van der Waals surface area contributed by atoms with E-state index in [1.807, 2.05) is 26.0 Å². The molecule has 3 rings (SSSR count). The average molecular weight is 481 g/mol. The van der Waals surface area contributed by atoms with Crippen molar-refractivity contribution in [2.75, 3.05) is 24.3 Å². The third kappa shape index (κ3) is 5.96. The quantitative estimate of drug-likeness (QED) is 0.439. The minimum absolute atomic E-state index is 0.0502. The molecular formula is C26H28N2O5S. The fourth-order valence-corrected chi connectivity index (χ4v) is 4.49. The minimum atomic E-state index is -3.84. The third-order valence-electron chi connectivity index (χ3n) is 5.26. The summed E-state index contributed by atoms with van der Waals surface area (Å²) in [5, 5.41) is 2.75. The molecule has 0 bridgehead atoms. The fraction of sp³-hybridized carbons (Fsp3) is 0.192. The molecule has 0 heterocycles. The number of nitrogens with one attached hydrogen (secondary N) is 2. The SMILES string of the molecule is COc1ccc(/C=C/C(=O)Nc2cc(S(=O)(=O)Nc3ccc(C)cc3C)ccc2C)c(OC)c1. The van der Waals surface area contributed by atoms with Gasteiger partial charge in [-0.15, -0.1) is 0 Å². The zero-order valence-electron chi connectivity index (χ0n) is 19.8. The summed E-state index contributed by atoms with van der Waals surface area (Å²) in [5.74, 6) is 0.796. The van der Waals surface area contributed by atoms with E-state index in [4.69, 9.17) is 9.47 Å². The van der Waals surface area contributed by atoms with Crippen LogP contribution in [0.2, 0.25) is 0 Å². The molecule has 178 valence electrons. The molecule has 34 heavy (non-hydrogen) atoms. The van der Waals surface area contributed by atoms with Crippen LogP contribution in [0.1, 0.15) is 22.3 Å². The molecule has 0 unspecified atom stereocenters. The number of benzene rings is 3. The number of hydrogen-bond donors (Lipinski definition) is 2. The summed E-state index contributed by atoms with van der Waals surface area (Å²) in [5.41, 5.74) is 4.20. The molecule has 3 aromatic carbocycles. The molecule has 0 fully saturated rings. The lowest BCUT2D eigenvalue weighted by atomic mass is 10.1. The fourth-order valence-electron chi connectivity index (χ4n) is 3.33. The predicted molar refractivity (Wildman–Crippen MR) is 135 cm³/mol. The van der Waals surface area contributed by atoms with Crippen molar-refractivity contribution in [3.8, 4) is 11.5 Å². The van der Waals surface area contributed by atoms with Gasteiger partial charge in [0, 0.05) is 23.4 Å². The molecule has 0 spiro atoms. The first-order valence-electron chi connectivity index (χ1n) is 10.5. The summed E-state index contributed by atoms with van der Waals surface area (Å²) in [6.07, 6.45) is 2.98. The lowest BCUT2D eigenvalue weighted by Crippen LogP contribution is -2.15. The van der Waals surface area contributed by atoms with E-state index < -0.39 is 15.9 Å². The van der Waals surface area contributed by atoms with E-state index in [1.54, 1.807) is 50.4 Å². The molecule has 0 aliphatic heterocycles. The van der Waals surface area contributed by atoms with Gasteiger partial charge in [0.05, 0.1) is 24.8 Å².